The number of anilines is 1. The molecule has 23 heavy (non-hydrogen) atoms. The molecule has 1 aliphatic rings. The molecular weight excluding hydrogens is 314 g/mol. The number of aryl methyl sites for hydroxylation is 1. The first-order valence-corrected chi connectivity index (χ1v) is 8.59. The van der Waals surface area contributed by atoms with Crippen LogP contribution in [0.15, 0.2) is 22.2 Å². The minimum absolute atomic E-state index is 0.000686. The van der Waals surface area contributed by atoms with Gasteiger partial charge in [-0.3, -0.25) is 14.6 Å². The molecule has 0 saturated carbocycles. The number of nitrogens with one attached hydrogen (secondary N) is 1. The molecule has 0 radical (unpaired) electrons. The molecule has 1 amide bonds. The second kappa shape index (κ2) is 7.20. The van der Waals surface area contributed by atoms with E-state index in [1.165, 1.54) is 11.3 Å². The minimum Gasteiger partial charge on any atom is -0.360 e. The maximum absolute atomic E-state index is 12.3. The van der Waals surface area contributed by atoms with E-state index in [9.17, 15) is 4.79 Å². The molecule has 0 unspecified atom stereocenters. The summed E-state index contributed by atoms with van der Waals surface area (Å²) >= 11 is 1.43. The van der Waals surface area contributed by atoms with Crippen LogP contribution in [0, 0.1) is 6.92 Å². The van der Waals surface area contributed by atoms with Crippen molar-refractivity contribution in [1.82, 2.24) is 19.9 Å². The van der Waals surface area contributed by atoms with Gasteiger partial charge in [-0.15, -0.1) is 11.3 Å². The molecule has 1 N–H and O–H groups in total. The van der Waals surface area contributed by atoms with Gasteiger partial charge in [0.15, 0.2) is 10.9 Å². The molecule has 0 bridgehead atoms. The Bertz CT molecular complexity index is 634. The monoisotopic (exact) mass is 335 g/mol. The fraction of sp³-hybridized carbons (Fsp3) is 0.533. The largest absolute Gasteiger partial charge is 0.360 e. The number of carbonyl (C=O) groups is 1. The molecule has 1 fully saturated rings. The quantitative estimate of drug-likeness (QED) is 0.894. The average Bonchev–Trinajstić information content (AvgIpc) is 3.19. The Morgan fingerprint density at radius 2 is 2.22 bits per heavy atom. The van der Waals surface area contributed by atoms with Gasteiger partial charge in [-0.2, -0.15) is 0 Å². The number of aromatic nitrogens is 2. The van der Waals surface area contributed by atoms with Crippen LogP contribution in [0.2, 0.25) is 0 Å². The van der Waals surface area contributed by atoms with Crippen LogP contribution in [0.4, 0.5) is 5.13 Å². The smallest absolute Gasteiger partial charge is 0.243 e. The van der Waals surface area contributed by atoms with Crippen LogP contribution < -0.4 is 5.32 Å². The van der Waals surface area contributed by atoms with Crippen LogP contribution in [-0.4, -0.2) is 58.1 Å². The molecule has 1 saturated heterocycles. The highest BCUT2D eigenvalue weighted by molar-refractivity contribution is 7.13. The van der Waals surface area contributed by atoms with Gasteiger partial charge in [0, 0.05) is 43.8 Å². The average molecular weight is 335 g/mol. The van der Waals surface area contributed by atoms with Crippen molar-refractivity contribution in [1.29, 1.82) is 0 Å². The molecule has 0 spiro atoms. The van der Waals surface area contributed by atoms with E-state index >= 15 is 0 Å². The number of carbonyl (C=O) groups excluding carboxylic acids is 1. The molecule has 7 nitrogen and oxygen atoms in total. The Morgan fingerprint density at radius 3 is 2.83 bits per heavy atom. The summed E-state index contributed by atoms with van der Waals surface area (Å²) in [6.07, 6.45) is 1.69. The van der Waals surface area contributed by atoms with Gasteiger partial charge >= 0.3 is 0 Å². The van der Waals surface area contributed by atoms with E-state index in [2.05, 4.69) is 25.3 Å². The van der Waals surface area contributed by atoms with Crippen molar-refractivity contribution >= 4 is 22.4 Å². The molecular formula is C15H21N5O2S. The van der Waals surface area contributed by atoms with E-state index < -0.39 is 0 Å². The molecule has 1 atom stereocenters. The lowest BCUT2D eigenvalue weighted by Gasteiger charge is -2.36. The van der Waals surface area contributed by atoms with E-state index in [1.54, 1.807) is 6.20 Å². The Hall–Kier alpha value is -1.77. The molecule has 124 valence electrons. The van der Waals surface area contributed by atoms with Gasteiger partial charge < -0.3 is 9.84 Å². The fourth-order valence-electron chi connectivity index (χ4n) is 2.68. The highest BCUT2D eigenvalue weighted by Gasteiger charge is 2.26. The van der Waals surface area contributed by atoms with Gasteiger partial charge in [0.1, 0.15) is 0 Å². The Kier molecular flexibility index (Phi) is 5.04. The first-order valence-electron chi connectivity index (χ1n) is 7.71. The number of thiazole rings is 1. The Balaban J connectivity index is 1.47. The number of piperazine rings is 1. The molecule has 3 rings (SSSR count). The maximum Gasteiger partial charge on any atom is 0.243 e. The maximum atomic E-state index is 12.3. The van der Waals surface area contributed by atoms with Crippen molar-refractivity contribution < 1.29 is 9.32 Å². The van der Waals surface area contributed by atoms with Crippen molar-refractivity contribution in [2.75, 3.05) is 31.5 Å². The van der Waals surface area contributed by atoms with Gasteiger partial charge in [-0.25, -0.2) is 4.98 Å². The zero-order chi connectivity index (χ0) is 16.2. The summed E-state index contributed by atoms with van der Waals surface area (Å²) in [5, 5.41) is 9.28. The summed E-state index contributed by atoms with van der Waals surface area (Å²) < 4.78 is 5.26. The van der Waals surface area contributed by atoms with Crippen LogP contribution in [0.3, 0.4) is 0 Å². The lowest BCUT2D eigenvalue weighted by atomic mass is 10.2. The highest BCUT2D eigenvalue weighted by atomic mass is 32.1. The van der Waals surface area contributed by atoms with E-state index in [-0.39, 0.29) is 11.9 Å². The molecule has 8 heteroatoms. The van der Waals surface area contributed by atoms with E-state index in [0.717, 1.165) is 44.2 Å². The van der Waals surface area contributed by atoms with Crippen molar-refractivity contribution in [2.45, 2.75) is 26.4 Å². The van der Waals surface area contributed by atoms with Crippen molar-refractivity contribution in [3.8, 4) is 0 Å². The highest BCUT2D eigenvalue weighted by Crippen LogP contribution is 2.14. The van der Waals surface area contributed by atoms with Gasteiger partial charge in [-0.05, 0) is 13.8 Å². The molecule has 1 aliphatic heterocycles. The molecule has 0 aromatic carbocycles. The molecule has 2 aromatic heterocycles. The van der Waals surface area contributed by atoms with Crippen LogP contribution in [0.1, 0.15) is 18.4 Å². The number of hydrogen-bond donors (Lipinski definition) is 1. The van der Waals surface area contributed by atoms with E-state index in [4.69, 9.17) is 4.52 Å². The fourth-order valence-corrected chi connectivity index (χ4v) is 3.21. The zero-order valence-corrected chi connectivity index (χ0v) is 14.2. The lowest BCUT2D eigenvalue weighted by molar-refractivity contribution is -0.121. The summed E-state index contributed by atoms with van der Waals surface area (Å²) in [5.41, 5.74) is 0.908. The Morgan fingerprint density at radius 1 is 1.43 bits per heavy atom. The van der Waals surface area contributed by atoms with Crippen molar-refractivity contribution in [3.63, 3.8) is 0 Å². The Labute approximate surface area is 139 Å². The molecule has 2 aromatic rings. The SMILES string of the molecule is Cc1cc(CN2CCN([C@H](C)C(=O)Nc3nccs3)CC2)on1. The first kappa shape index (κ1) is 16.1. The third-order valence-corrected chi connectivity index (χ3v) is 4.74. The van der Waals surface area contributed by atoms with Crippen molar-refractivity contribution in [2.24, 2.45) is 0 Å². The summed E-state index contributed by atoms with van der Waals surface area (Å²) in [6.45, 7) is 8.18. The number of rotatable bonds is 5. The lowest BCUT2D eigenvalue weighted by Crippen LogP contribution is -2.52. The third kappa shape index (κ3) is 4.15. The molecule has 0 aliphatic carbocycles. The van der Waals surface area contributed by atoms with Gasteiger partial charge in [0.05, 0.1) is 18.3 Å². The second-order valence-corrected chi connectivity index (χ2v) is 6.64. The minimum atomic E-state index is -0.159. The van der Waals surface area contributed by atoms with Gasteiger partial charge in [0.2, 0.25) is 5.91 Å². The number of amides is 1. The summed E-state index contributed by atoms with van der Waals surface area (Å²) in [4.78, 5) is 20.9. The summed E-state index contributed by atoms with van der Waals surface area (Å²) in [6, 6.07) is 1.81. The predicted octanol–water partition coefficient (Wildman–Crippen LogP) is 1.58. The van der Waals surface area contributed by atoms with Crippen molar-refractivity contribution in [3.05, 3.63) is 29.1 Å². The zero-order valence-electron chi connectivity index (χ0n) is 13.4. The van der Waals surface area contributed by atoms with Crippen LogP contribution >= 0.6 is 11.3 Å². The third-order valence-electron chi connectivity index (χ3n) is 4.05. The van der Waals surface area contributed by atoms with Gasteiger partial charge in [0.25, 0.3) is 0 Å². The molecule has 3 heterocycles. The first-order chi connectivity index (χ1) is 11.1. The van der Waals surface area contributed by atoms with Crippen LogP contribution in [0.25, 0.3) is 0 Å². The van der Waals surface area contributed by atoms with Gasteiger partial charge in [-0.1, -0.05) is 5.16 Å². The van der Waals surface area contributed by atoms with E-state index in [1.807, 2.05) is 25.3 Å². The summed E-state index contributed by atoms with van der Waals surface area (Å²) in [7, 11) is 0. The predicted molar refractivity (Wildman–Crippen MR) is 88.3 cm³/mol. The van der Waals surface area contributed by atoms with Crippen LogP contribution in [0.5, 0.6) is 0 Å². The standard InChI is InChI=1S/C15H21N5O2S/c1-11-9-13(22-18-11)10-19-4-6-20(7-5-19)12(2)14(21)17-15-16-3-8-23-15/h3,8-9,12H,4-7,10H2,1-2H3,(H,16,17,21)/t12-/m1/s1. The summed E-state index contributed by atoms with van der Waals surface area (Å²) in [5.74, 6) is 0.893. The normalized spacial score (nSPS) is 18.0. The van der Waals surface area contributed by atoms with Crippen LogP contribution in [-0.2, 0) is 11.3 Å². The number of hydrogen-bond acceptors (Lipinski definition) is 7. The van der Waals surface area contributed by atoms with E-state index in [0.29, 0.717) is 5.13 Å². The number of nitrogens with zero attached hydrogens (tertiary/aromatic N) is 4. The second-order valence-electron chi connectivity index (χ2n) is 5.75. The topological polar surface area (TPSA) is 74.5 Å².